The number of urea groups is 1. The first-order chi connectivity index (χ1) is 13.8. The largest absolute Gasteiger partial charge is 0.423 e. The van der Waals surface area contributed by atoms with Crippen molar-refractivity contribution in [2.45, 2.75) is 32.4 Å². The minimum atomic E-state index is -1.27. The molecule has 29 heavy (non-hydrogen) atoms. The molecule has 1 N–H and O–H groups in total. The minimum absolute atomic E-state index is 0.0707. The number of fused-ring (bicyclic) bond motifs is 1. The van der Waals surface area contributed by atoms with Crippen LogP contribution in [0, 0.1) is 12.7 Å². The zero-order valence-corrected chi connectivity index (χ0v) is 16.0. The van der Waals surface area contributed by atoms with Gasteiger partial charge in [-0.05, 0) is 48.2 Å². The van der Waals surface area contributed by atoms with Crippen LogP contribution in [0.5, 0.6) is 0 Å². The summed E-state index contributed by atoms with van der Waals surface area (Å²) in [4.78, 5) is 39.0. The molecule has 1 atom stereocenters. The van der Waals surface area contributed by atoms with E-state index >= 15 is 0 Å². The zero-order chi connectivity index (χ0) is 20.8. The lowest BCUT2D eigenvalue weighted by Crippen LogP contribution is -2.43. The summed E-state index contributed by atoms with van der Waals surface area (Å²) in [6.07, 6.45) is 0.302. The fraction of sp³-hybridized carbons (Fsp3) is 0.227. The fourth-order valence-corrected chi connectivity index (χ4v) is 3.78. The van der Waals surface area contributed by atoms with Gasteiger partial charge in [-0.15, -0.1) is 0 Å². The van der Waals surface area contributed by atoms with Crippen LogP contribution in [-0.2, 0) is 16.9 Å². The number of aryl methyl sites for hydroxylation is 1. The lowest BCUT2D eigenvalue weighted by molar-refractivity contribution is -0.132. The molecule has 4 rings (SSSR count). The van der Waals surface area contributed by atoms with E-state index in [2.05, 4.69) is 5.32 Å². The number of carbonyl (C=O) groups is 2. The minimum Gasteiger partial charge on any atom is -0.423 e. The second-order valence-electron chi connectivity index (χ2n) is 7.18. The van der Waals surface area contributed by atoms with Gasteiger partial charge < -0.3 is 9.73 Å². The standard InChI is InChI=1S/C22H19FN2O4/c1-3-22(15-5-7-16(23)8-6-15)20(27)25(21(28)24-22)12-14-11-19(26)29-18-10-13(2)4-9-17(14)18/h4-11H,3,12H2,1-2H3,(H,24,28)/t22-/m1/s1. The Morgan fingerprint density at radius 2 is 1.79 bits per heavy atom. The fourth-order valence-electron chi connectivity index (χ4n) is 3.78. The Bertz CT molecular complexity index is 1190. The van der Waals surface area contributed by atoms with Crippen molar-refractivity contribution in [2.24, 2.45) is 0 Å². The highest BCUT2D eigenvalue weighted by Crippen LogP contribution is 2.34. The van der Waals surface area contributed by atoms with Crippen LogP contribution < -0.4 is 10.9 Å². The van der Waals surface area contributed by atoms with Crippen LogP contribution in [0.2, 0.25) is 0 Å². The number of hydrogen-bond donors (Lipinski definition) is 1. The Balaban J connectivity index is 1.75. The Morgan fingerprint density at radius 1 is 1.07 bits per heavy atom. The van der Waals surface area contributed by atoms with Crippen molar-refractivity contribution in [2.75, 3.05) is 0 Å². The smallest absolute Gasteiger partial charge is 0.336 e. The van der Waals surface area contributed by atoms with Crippen LogP contribution in [-0.4, -0.2) is 16.8 Å². The molecule has 0 aliphatic carbocycles. The number of hydrogen-bond acceptors (Lipinski definition) is 4. The SMILES string of the molecule is CC[C@]1(c2ccc(F)cc2)NC(=O)N(Cc2cc(=O)oc3cc(C)ccc23)C1=O. The van der Waals surface area contributed by atoms with Gasteiger partial charge in [-0.25, -0.2) is 14.0 Å². The third-order valence-corrected chi connectivity index (χ3v) is 5.36. The molecular formula is C22H19FN2O4. The lowest BCUT2D eigenvalue weighted by Gasteiger charge is -2.25. The quantitative estimate of drug-likeness (QED) is 0.542. The highest BCUT2D eigenvalue weighted by Gasteiger charge is 2.51. The lowest BCUT2D eigenvalue weighted by atomic mass is 9.87. The number of halogens is 1. The number of carbonyl (C=O) groups excluding carboxylic acids is 2. The molecule has 0 saturated carbocycles. The first-order valence-electron chi connectivity index (χ1n) is 9.27. The summed E-state index contributed by atoms with van der Waals surface area (Å²) in [5.74, 6) is -0.864. The Morgan fingerprint density at radius 3 is 2.48 bits per heavy atom. The van der Waals surface area contributed by atoms with Crippen LogP contribution in [0.4, 0.5) is 9.18 Å². The van der Waals surface area contributed by atoms with Gasteiger partial charge in [0.25, 0.3) is 5.91 Å². The van der Waals surface area contributed by atoms with E-state index in [4.69, 9.17) is 4.42 Å². The summed E-state index contributed by atoms with van der Waals surface area (Å²) in [7, 11) is 0. The summed E-state index contributed by atoms with van der Waals surface area (Å²) in [6.45, 7) is 3.58. The van der Waals surface area contributed by atoms with Crippen molar-refractivity contribution in [1.29, 1.82) is 0 Å². The molecule has 0 spiro atoms. The van der Waals surface area contributed by atoms with Gasteiger partial charge in [-0.2, -0.15) is 0 Å². The predicted molar refractivity (Wildman–Crippen MR) is 105 cm³/mol. The third-order valence-electron chi connectivity index (χ3n) is 5.36. The van der Waals surface area contributed by atoms with Crippen molar-refractivity contribution in [3.05, 3.63) is 81.5 Å². The maximum atomic E-state index is 13.3. The van der Waals surface area contributed by atoms with Gasteiger partial charge in [0.15, 0.2) is 0 Å². The van der Waals surface area contributed by atoms with E-state index in [1.807, 2.05) is 13.0 Å². The average molecular weight is 394 g/mol. The van der Waals surface area contributed by atoms with Gasteiger partial charge in [0.2, 0.25) is 0 Å². The molecule has 3 aromatic rings. The molecule has 7 heteroatoms. The topological polar surface area (TPSA) is 79.6 Å². The summed E-state index contributed by atoms with van der Waals surface area (Å²) in [5, 5.41) is 3.42. The summed E-state index contributed by atoms with van der Waals surface area (Å²) in [5.41, 5.74) is 0.539. The van der Waals surface area contributed by atoms with Crippen LogP contribution in [0.15, 0.2) is 57.7 Å². The molecule has 0 bridgehead atoms. The van der Waals surface area contributed by atoms with E-state index in [9.17, 15) is 18.8 Å². The van der Waals surface area contributed by atoms with E-state index in [1.54, 1.807) is 19.1 Å². The highest BCUT2D eigenvalue weighted by molar-refractivity contribution is 6.07. The maximum absolute atomic E-state index is 13.3. The molecular weight excluding hydrogens is 375 g/mol. The molecule has 1 fully saturated rings. The van der Waals surface area contributed by atoms with Gasteiger partial charge in [0.1, 0.15) is 16.9 Å². The van der Waals surface area contributed by atoms with Crippen molar-refractivity contribution >= 4 is 22.9 Å². The van der Waals surface area contributed by atoms with Crippen molar-refractivity contribution in [3.63, 3.8) is 0 Å². The molecule has 2 aromatic carbocycles. The van der Waals surface area contributed by atoms with E-state index in [-0.39, 0.29) is 6.54 Å². The third kappa shape index (κ3) is 3.08. The van der Waals surface area contributed by atoms with Gasteiger partial charge in [-0.1, -0.05) is 31.2 Å². The van der Waals surface area contributed by atoms with Crippen molar-refractivity contribution in [1.82, 2.24) is 10.2 Å². The molecule has 0 unspecified atom stereocenters. The van der Waals surface area contributed by atoms with Crippen LogP contribution in [0.25, 0.3) is 11.0 Å². The van der Waals surface area contributed by atoms with Gasteiger partial charge in [0, 0.05) is 11.5 Å². The van der Waals surface area contributed by atoms with Crippen LogP contribution >= 0.6 is 0 Å². The maximum Gasteiger partial charge on any atom is 0.336 e. The van der Waals surface area contributed by atoms with Gasteiger partial charge >= 0.3 is 11.7 Å². The number of amides is 3. The molecule has 1 saturated heterocycles. The Hall–Kier alpha value is -3.48. The molecule has 1 aliphatic rings. The van der Waals surface area contributed by atoms with E-state index in [1.165, 1.54) is 30.3 Å². The van der Waals surface area contributed by atoms with Gasteiger partial charge in [-0.3, -0.25) is 9.69 Å². The summed E-state index contributed by atoms with van der Waals surface area (Å²) < 4.78 is 18.6. The molecule has 2 heterocycles. The highest BCUT2D eigenvalue weighted by atomic mass is 19.1. The second-order valence-corrected chi connectivity index (χ2v) is 7.18. The number of imide groups is 1. The first kappa shape index (κ1) is 18.9. The molecule has 1 aromatic heterocycles. The molecule has 1 aliphatic heterocycles. The second kappa shape index (κ2) is 6.84. The molecule has 0 radical (unpaired) electrons. The van der Waals surface area contributed by atoms with Crippen LogP contribution in [0.1, 0.15) is 30.0 Å². The average Bonchev–Trinajstić information content (AvgIpc) is 2.93. The number of rotatable bonds is 4. The summed E-state index contributed by atoms with van der Waals surface area (Å²) >= 11 is 0. The first-order valence-corrected chi connectivity index (χ1v) is 9.27. The number of nitrogens with one attached hydrogen (secondary N) is 1. The normalized spacial score (nSPS) is 19.1. The molecule has 148 valence electrons. The Kier molecular flexibility index (Phi) is 4.45. The van der Waals surface area contributed by atoms with E-state index in [0.29, 0.717) is 28.5 Å². The van der Waals surface area contributed by atoms with E-state index < -0.39 is 28.9 Å². The van der Waals surface area contributed by atoms with Crippen molar-refractivity contribution < 1.29 is 18.4 Å². The number of nitrogens with zero attached hydrogens (tertiary/aromatic N) is 1. The van der Waals surface area contributed by atoms with Crippen LogP contribution in [0.3, 0.4) is 0 Å². The van der Waals surface area contributed by atoms with E-state index in [0.717, 1.165) is 10.5 Å². The molecule has 6 nitrogen and oxygen atoms in total. The summed E-state index contributed by atoms with van der Waals surface area (Å²) in [6, 6.07) is 11.6. The predicted octanol–water partition coefficient (Wildman–Crippen LogP) is 3.60. The van der Waals surface area contributed by atoms with Crippen molar-refractivity contribution in [3.8, 4) is 0 Å². The Labute approximate surface area is 165 Å². The van der Waals surface area contributed by atoms with Gasteiger partial charge in [0.05, 0.1) is 6.54 Å². The zero-order valence-electron chi connectivity index (χ0n) is 16.0. The number of benzene rings is 2. The monoisotopic (exact) mass is 394 g/mol. The molecule has 3 amide bonds.